The van der Waals surface area contributed by atoms with Crippen LogP contribution in [0, 0.1) is 13.8 Å². The largest absolute Gasteiger partial charge is 0.301 e. The van der Waals surface area contributed by atoms with Crippen LogP contribution in [0.4, 0.5) is 5.13 Å². The maximum Gasteiger partial charge on any atom is 0.239 e. The second kappa shape index (κ2) is 7.10. The van der Waals surface area contributed by atoms with Gasteiger partial charge in [0.05, 0.1) is 10.9 Å². The van der Waals surface area contributed by atoms with Crippen LogP contribution < -0.4 is 5.32 Å². The van der Waals surface area contributed by atoms with Crippen molar-refractivity contribution in [1.29, 1.82) is 0 Å². The fourth-order valence-corrected chi connectivity index (χ4v) is 3.48. The Balaban J connectivity index is 1.76. The molecule has 0 bridgehead atoms. The molecule has 1 amide bonds. The number of anilines is 1. The number of thiazole rings is 1. The highest BCUT2D eigenvalue weighted by atomic mass is 32.2. The molecule has 0 saturated carbocycles. The third-order valence-corrected chi connectivity index (χ3v) is 5.06. The van der Waals surface area contributed by atoms with Gasteiger partial charge in [0, 0.05) is 11.6 Å². The Hall–Kier alpha value is -2.26. The van der Waals surface area contributed by atoms with Crippen LogP contribution in [-0.4, -0.2) is 36.3 Å². The van der Waals surface area contributed by atoms with Crippen molar-refractivity contribution in [2.45, 2.75) is 31.2 Å². The van der Waals surface area contributed by atoms with Crippen molar-refractivity contribution in [2.24, 2.45) is 0 Å². The number of benzene rings is 1. The number of rotatable bonds is 5. The van der Waals surface area contributed by atoms with Crippen LogP contribution >= 0.6 is 23.1 Å². The summed E-state index contributed by atoms with van der Waals surface area (Å²) in [6.45, 7) is 5.86. The summed E-state index contributed by atoms with van der Waals surface area (Å²) in [6.07, 6.45) is 1.65. The highest BCUT2D eigenvalue weighted by molar-refractivity contribution is 8.00. The summed E-state index contributed by atoms with van der Waals surface area (Å²) < 4.78 is 1.66. The molecule has 1 N–H and O–H groups in total. The van der Waals surface area contributed by atoms with Gasteiger partial charge in [0.15, 0.2) is 5.13 Å². The van der Waals surface area contributed by atoms with E-state index in [9.17, 15) is 4.79 Å². The lowest BCUT2D eigenvalue weighted by atomic mass is 10.1. The number of nitrogens with one attached hydrogen (secondary N) is 1. The second-order valence-electron chi connectivity index (χ2n) is 5.25. The van der Waals surface area contributed by atoms with Gasteiger partial charge in [-0.25, -0.2) is 4.98 Å². The van der Waals surface area contributed by atoms with Crippen LogP contribution in [0.15, 0.2) is 34.9 Å². The first-order valence-corrected chi connectivity index (χ1v) is 9.03. The number of aryl methyl sites for hydroxylation is 2. The topological polar surface area (TPSA) is 85.6 Å². The summed E-state index contributed by atoms with van der Waals surface area (Å²) in [5, 5.41) is 17.3. The molecule has 1 atom stereocenters. The standard InChI is InChI=1S/C15H16N6OS2/c1-9-4-5-12(10(2)8-9)21-15(18-19-20-21)24-11(3)13(22)17-14-16-6-7-23-14/h4-8,11H,1-3H3,(H,16,17,22)/t11-/m0/s1. The Kier molecular flexibility index (Phi) is 4.91. The molecule has 0 aliphatic carbocycles. The lowest BCUT2D eigenvalue weighted by Gasteiger charge is -2.11. The maximum absolute atomic E-state index is 12.3. The van der Waals surface area contributed by atoms with E-state index in [1.165, 1.54) is 28.7 Å². The van der Waals surface area contributed by atoms with Crippen molar-refractivity contribution in [3.63, 3.8) is 0 Å². The number of hydrogen-bond acceptors (Lipinski definition) is 7. The van der Waals surface area contributed by atoms with Crippen molar-refractivity contribution in [2.75, 3.05) is 5.32 Å². The third kappa shape index (κ3) is 3.62. The van der Waals surface area contributed by atoms with Gasteiger partial charge < -0.3 is 5.32 Å². The molecule has 124 valence electrons. The summed E-state index contributed by atoms with van der Waals surface area (Å²) in [5.74, 6) is -0.134. The lowest BCUT2D eigenvalue weighted by Crippen LogP contribution is -2.22. The smallest absolute Gasteiger partial charge is 0.239 e. The molecule has 3 aromatic rings. The molecular weight excluding hydrogens is 344 g/mol. The van der Waals surface area contributed by atoms with E-state index in [2.05, 4.69) is 31.9 Å². The Morgan fingerprint density at radius 1 is 1.38 bits per heavy atom. The average Bonchev–Trinajstić information content (AvgIpc) is 3.19. The minimum Gasteiger partial charge on any atom is -0.301 e. The first-order valence-electron chi connectivity index (χ1n) is 7.27. The van der Waals surface area contributed by atoms with Crippen LogP contribution in [0.2, 0.25) is 0 Å². The monoisotopic (exact) mass is 360 g/mol. The fraction of sp³-hybridized carbons (Fsp3) is 0.267. The number of aromatic nitrogens is 5. The lowest BCUT2D eigenvalue weighted by molar-refractivity contribution is -0.115. The Bertz CT molecular complexity index is 846. The summed E-state index contributed by atoms with van der Waals surface area (Å²) in [6, 6.07) is 6.06. The molecular formula is C15H16N6OS2. The molecule has 24 heavy (non-hydrogen) atoms. The highest BCUT2D eigenvalue weighted by Gasteiger charge is 2.20. The number of carbonyl (C=O) groups excluding carboxylic acids is 1. The quantitative estimate of drug-likeness (QED) is 0.704. The van der Waals surface area contributed by atoms with Gasteiger partial charge in [-0.15, -0.1) is 16.4 Å². The molecule has 0 spiro atoms. The van der Waals surface area contributed by atoms with E-state index in [0.29, 0.717) is 10.3 Å². The van der Waals surface area contributed by atoms with E-state index in [1.54, 1.807) is 10.9 Å². The zero-order valence-corrected chi connectivity index (χ0v) is 15.1. The number of tetrazole rings is 1. The molecule has 0 aliphatic rings. The van der Waals surface area contributed by atoms with Crippen molar-refractivity contribution in [1.82, 2.24) is 25.2 Å². The van der Waals surface area contributed by atoms with Crippen LogP contribution in [0.25, 0.3) is 5.69 Å². The molecule has 2 heterocycles. The number of carbonyl (C=O) groups is 1. The maximum atomic E-state index is 12.3. The van der Waals surface area contributed by atoms with Gasteiger partial charge >= 0.3 is 0 Å². The van der Waals surface area contributed by atoms with E-state index in [-0.39, 0.29) is 11.2 Å². The highest BCUT2D eigenvalue weighted by Crippen LogP contribution is 2.25. The van der Waals surface area contributed by atoms with Gasteiger partial charge in [0.25, 0.3) is 0 Å². The van der Waals surface area contributed by atoms with E-state index in [0.717, 1.165) is 11.3 Å². The summed E-state index contributed by atoms with van der Waals surface area (Å²) in [4.78, 5) is 16.3. The molecule has 0 fully saturated rings. The number of amides is 1. The van der Waals surface area contributed by atoms with Crippen LogP contribution in [0.5, 0.6) is 0 Å². The number of hydrogen-bond donors (Lipinski definition) is 1. The first-order chi connectivity index (χ1) is 11.5. The normalized spacial score (nSPS) is 12.1. The summed E-state index contributed by atoms with van der Waals surface area (Å²) >= 11 is 2.69. The molecule has 1 aromatic carbocycles. The van der Waals surface area contributed by atoms with E-state index in [4.69, 9.17) is 0 Å². The molecule has 0 saturated heterocycles. The van der Waals surface area contributed by atoms with E-state index < -0.39 is 0 Å². The van der Waals surface area contributed by atoms with Gasteiger partial charge in [-0.1, -0.05) is 29.5 Å². The first kappa shape index (κ1) is 16.6. The van der Waals surface area contributed by atoms with Crippen LogP contribution in [0.1, 0.15) is 18.1 Å². The predicted octanol–water partition coefficient (Wildman–Crippen LogP) is 2.85. The molecule has 0 aliphatic heterocycles. The van der Waals surface area contributed by atoms with Gasteiger partial charge in [-0.05, 0) is 42.8 Å². The summed E-state index contributed by atoms with van der Waals surface area (Å²) in [7, 11) is 0. The summed E-state index contributed by atoms with van der Waals surface area (Å²) in [5.41, 5.74) is 3.15. The fourth-order valence-electron chi connectivity index (χ4n) is 2.15. The minimum absolute atomic E-state index is 0.134. The van der Waals surface area contributed by atoms with Gasteiger partial charge in [-0.2, -0.15) is 4.68 Å². The van der Waals surface area contributed by atoms with Crippen molar-refractivity contribution in [3.05, 3.63) is 40.9 Å². The van der Waals surface area contributed by atoms with Gasteiger partial charge in [0.2, 0.25) is 11.1 Å². The molecule has 2 aromatic heterocycles. The zero-order valence-electron chi connectivity index (χ0n) is 13.4. The van der Waals surface area contributed by atoms with Crippen molar-refractivity contribution in [3.8, 4) is 5.69 Å². The van der Waals surface area contributed by atoms with Crippen molar-refractivity contribution < 1.29 is 4.79 Å². The Morgan fingerprint density at radius 2 is 2.21 bits per heavy atom. The Morgan fingerprint density at radius 3 is 2.92 bits per heavy atom. The van der Waals surface area contributed by atoms with Crippen molar-refractivity contribution >= 4 is 34.1 Å². The minimum atomic E-state index is -0.357. The predicted molar refractivity (Wildman–Crippen MR) is 94.7 cm³/mol. The number of thioether (sulfide) groups is 1. The van der Waals surface area contributed by atoms with Crippen LogP contribution in [-0.2, 0) is 4.79 Å². The van der Waals surface area contributed by atoms with Crippen LogP contribution in [0.3, 0.4) is 0 Å². The zero-order chi connectivity index (χ0) is 17.1. The van der Waals surface area contributed by atoms with E-state index >= 15 is 0 Å². The molecule has 0 radical (unpaired) electrons. The molecule has 9 heteroatoms. The Labute approximate surface area is 147 Å². The second-order valence-corrected chi connectivity index (χ2v) is 7.45. The molecule has 0 unspecified atom stereocenters. The third-order valence-electron chi connectivity index (χ3n) is 3.34. The molecule has 7 nitrogen and oxygen atoms in total. The molecule has 3 rings (SSSR count). The average molecular weight is 360 g/mol. The van der Waals surface area contributed by atoms with Gasteiger partial charge in [-0.3, -0.25) is 4.79 Å². The van der Waals surface area contributed by atoms with Gasteiger partial charge in [0.1, 0.15) is 0 Å². The number of nitrogens with zero attached hydrogens (tertiary/aromatic N) is 5. The SMILES string of the molecule is Cc1ccc(-n2nnnc2S[C@@H](C)C(=O)Nc2nccs2)c(C)c1. The van der Waals surface area contributed by atoms with E-state index in [1.807, 2.05) is 38.3 Å².